The first-order valence-corrected chi connectivity index (χ1v) is 12.5. The number of amides is 3. The van der Waals surface area contributed by atoms with Crippen LogP contribution in [-0.4, -0.2) is 64.7 Å². The molecule has 4 rings (SSSR count). The highest BCUT2D eigenvalue weighted by Gasteiger charge is 2.39. The van der Waals surface area contributed by atoms with Gasteiger partial charge in [-0.25, -0.2) is 0 Å². The van der Waals surface area contributed by atoms with Crippen molar-refractivity contribution in [2.45, 2.75) is 57.7 Å². The molecule has 1 aliphatic heterocycles. The van der Waals surface area contributed by atoms with Crippen molar-refractivity contribution in [2.24, 2.45) is 5.92 Å². The second-order valence-corrected chi connectivity index (χ2v) is 9.90. The maximum atomic E-state index is 13.6. The Kier molecular flexibility index (Phi) is 7.71. The average Bonchev–Trinajstić information content (AvgIpc) is 3.51. The Morgan fingerprint density at radius 1 is 1.05 bits per heavy atom. The molecule has 0 spiro atoms. The lowest BCUT2D eigenvalue weighted by atomic mass is 9.98. The first kappa shape index (κ1) is 26.1. The second kappa shape index (κ2) is 10.9. The molecule has 3 N–H and O–H groups in total. The molecule has 1 heterocycles. The molecular formula is C28H31N3O6. The van der Waals surface area contributed by atoms with Gasteiger partial charge in [-0.15, -0.1) is 0 Å². The molecule has 0 unspecified atom stereocenters. The molecule has 9 nitrogen and oxygen atoms in total. The summed E-state index contributed by atoms with van der Waals surface area (Å²) >= 11 is 0. The van der Waals surface area contributed by atoms with Crippen LogP contribution in [0.1, 0.15) is 54.6 Å². The normalized spacial score (nSPS) is 17.5. The van der Waals surface area contributed by atoms with Crippen molar-refractivity contribution in [3.63, 3.8) is 0 Å². The van der Waals surface area contributed by atoms with Crippen molar-refractivity contribution in [2.75, 3.05) is 6.54 Å². The molecule has 2 aliphatic rings. The van der Waals surface area contributed by atoms with Crippen LogP contribution in [0.25, 0.3) is 11.1 Å². The number of aldehydes is 1. The third-order valence-electron chi connectivity index (χ3n) is 7.04. The Morgan fingerprint density at radius 2 is 1.78 bits per heavy atom. The van der Waals surface area contributed by atoms with E-state index in [2.05, 4.69) is 10.6 Å². The zero-order valence-corrected chi connectivity index (χ0v) is 20.9. The Labute approximate surface area is 215 Å². The monoisotopic (exact) mass is 505 g/mol. The lowest BCUT2D eigenvalue weighted by Gasteiger charge is -2.31. The zero-order chi connectivity index (χ0) is 26.7. The highest BCUT2D eigenvalue weighted by molar-refractivity contribution is 6.02. The topological polar surface area (TPSA) is 133 Å². The summed E-state index contributed by atoms with van der Waals surface area (Å²) in [6.45, 7) is 3.99. The maximum absolute atomic E-state index is 13.6. The van der Waals surface area contributed by atoms with E-state index in [-0.39, 0.29) is 17.7 Å². The van der Waals surface area contributed by atoms with E-state index in [9.17, 15) is 24.0 Å². The summed E-state index contributed by atoms with van der Waals surface area (Å²) in [5.41, 5.74) is 4.71. The first-order chi connectivity index (χ1) is 17.7. The van der Waals surface area contributed by atoms with Gasteiger partial charge >= 0.3 is 5.97 Å². The number of fused-ring (bicyclic) bond motifs is 3. The fourth-order valence-electron chi connectivity index (χ4n) is 5.18. The summed E-state index contributed by atoms with van der Waals surface area (Å²) in [4.78, 5) is 63.4. The number of nitrogens with zero attached hydrogens (tertiary/aromatic N) is 1. The molecule has 3 amide bonds. The first-order valence-electron chi connectivity index (χ1n) is 12.5. The number of hydrogen-bond donors (Lipinski definition) is 3. The Bertz CT molecular complexity index is 1240. The number of carboxylic acids is 1. The summed E-state index contributed by atoms with van der Waals surface area (Å²) in [5.74, 6) is -2.76. The molecular weight excluding hydrogens is 474 g/mol. The summed E-state index contributed by atoms with van der Waals surface area (Å²) < 4.78 is 0. The third kappa shape index (κ3) is 5.40. The minimum atomic E-state index is -1.21. The second-order valence-electron chi connectivity index (χ2n) is 9.90. The lowest BCUT2D eigenvalue weighted by molar-refractivity contribution is -0.142. The number of benzene rings is 2. The van der Waals surface area contributed by atoms with Crippen molar-refractivity contribution in [1.82, 2.24) is 15.5 Å². The molecule has 2 aromatic rings. The molecule has 0 saturated carbocycles. The number of likely N-dealkylation sites (tertiary alicyclic amines) is 1. The van der Waals surface area contributed by atoms with Gasteiger partial charge in [0.15, 0.2) is 0 Å². The van der Waals surface area contributed by atoms with Gasteiger partial charge < -0.3 is 25.4 Å². The SMILES string of the molecule is CC(C)[C@H](NC(=O)c1cccc2c1Cc1ccccc1-2)C(=O)N1CCC[C@H]1C(=O)N[C@H](C=O)CC(=O)O. The highest BCUT2D eigenvalue weighted by atomic mass is 16.4. The number of carbonyl (C=O) groups excluding carboxylic acids is 4. The summed E-state index contributed by atoms with van der Waals surface area (Å²) in [5, 5.41) is 14.3. The Balaban J connectivity index is 1.50. The van der Waals surface area contributed by atoms with E-state index >= 15 is 0 Å². The van der Waals surface area contributed by atoms with Crippen molar-refractivity contribution in [3.05, 3.63) is 59.2 Å². The Hall–Kier alpha value is -4.01. The van der Waals surface area contributed by atoms with Gasteiger partial charge in [0, 0.05) is 12.1 Å². The standard InChI is InChI=1S/C28H31N3O6/c1-16(2)25(28(37)31-12-6-11-23(31)27(36)29-18(15-32)14-24(33)34)30-26(35)21-10-5-9-20-19-8-4-3-7-17(19)13-22(20)21/h3-5,7-10,15-16,18,23,25H,6,11-14H2,1-2H3,(H,29,36)(H,30,35)(H,33,34)/t18-,23-,25-/m0/s1. The van der Waals surface area contributed by atoms with Crippen LogP contribution in [0.3, 0.4) is 0 Å². The minimum Gasteiger partial charge on any atom is -0.481 e. The molecule has 194 valence electrons. The van der Waals surface area contributed by atoms with Crippen LogP contribution < -0.4 is 10.6 Å². The largest absolute Gasteiger partial charge is 0.481 e. The predicted octanol–water partition coefficient (Wildman–Crippen LogP) is 2.16. The van der Waals surface area contributed by atoms with Crippen LogP contribution in [0.15, 0.2) is 42.5 Å². The summed E-state index contributed by atoms with van der Waals surface area (Å²) in [6.07, 6.45) is 1.45. The molecule has 1 saturated heterocycles. The van der Waals surface area contributed by atoms with Crippen LogP contribution in [-0.2, 0) is 25.6 Å². The van der Waals surface area contributed by atoms with Crippen LogP contribution in [0.5, 0.6) is 0 Å². The van der Waals surface area contributed by atoms with E-state index in [4.69, 9.17) is 5.11 Å². The highest BCUT2D eigenvalue weighted by Crippen LogP contribution is 2.38. The molecule has 37 heavy (non-hydrogen) atoms. The minimum absolute atomic E-state index is 0.246. The van der Waals surface area contributed by atoms with Gasteiger partial charge in [0.05, 0.1) is 12.5 Å². The fraction of sp³-hybridized carbons (Fsp3) is 0.393. The molecule has 0 aromatic heterocycles. The van der Waals surface area contributed by atoms with Gasteiger partial charge in [-0.1, -0.05) is 50.2 Å². The molecule has 0 radical (unpaired) electrons. The van der Waals surface area contributed by atoms with Crippen molar-refractivity contribution >= 4 is 30.0 Å². The number of nitrogens with one attached hydrogen (secondary N) is 2. The number of rotatable bonds is 9. The number of hydrogen-bond acceptors (Lipinski definition) is 5. The average molecular weight is 506 g/mol. The van der Waals surface area contributed by atoms with E-state index in [0.29, 0.717) is 37.7 Å². The van der Waals surface area contributed by atoms with Gasteiger partial charge in [-0.3, -0.25) is 19.2 Å². The van der Waals surface area contributed by atoms with Crippen LogP contribution >= 0.6 is 0 Å². The van der Waals surface area contributed by atoms with Crippen molar-refractivity contribution < 1.29 is 29.1 Å². The lowest BCUT2D eigenvalue weighted by Crippen LogP contribution is -2.56. The van der Waals surface area contributed by atoms with Gasteiger partial charge in [-0.2, -0.15) is 0 Å². The maximum Gasteiger partial charge on any atom is 0.305 e. The summed E-state index contributed by atoms with van der Waals surface area (Å²) in [6, 6.07) is 10.7. The molecule has 2 aromatic carbocycles. The molecule has 9 heteroatoms. The van der Waals surface area contributed by atoms with E-state index in [0.717, 1.165) is 22.3 Å². The van der Waals surface area contributed by atoms with Crippen LogP contribution in [0, 0.1) is 5.92 Å². The van der Waals surface area contributed by atoms with E-state index in [1.807, 2.05) is 50.2 Å². The van der Waals surface area contributed by atoms with E-state index in [1.165, 1.54) is 4.90 Å². The zero-order valence-electron chi connectivity index (χ0n) is 20.9. The van der Waals surface area contributed by atoms with E-state index < -0.39 is 36.4 Å². The molecule has 1 aliphatic carbocycles. The predicted molar refractivity (Wildman–Crippen MR) is 136 cm³/mol. The molecule has 0 bridgehead atoms. The van der Waals surface area contributed by atoms with E-state index in [1.54, 1.807) is 6.07 Å². The van der Waals surface area contributed by atoms with Crippen LogP contribution in [0.4, 0.5) is 0 Å². The molecule has 1 fully saturated rings. The van der Waals surface area contributed by atoms with Gasteiger partial charge in [0.1, 0.15) is 18.4 Å². The quantitative estimate of drug-likeness (QED) is 0.382. The fourth-order valence-corrected chi connectivity index (χ4v) is 5.18. The third-order valence-corrected chi connectivity index (χ3v) is 7.04. The van der Waals surface area contributed by atoms with Crippen LogP contribution in [0.2, 0.25) is 0 Å². The van der Waals surface area contributed by atoms with Gasteiger partial charge in [0.2, 0.25) is 11.8 Å². The van der Waals surface area contributed by atoms with Gasteiger partial charge in [-0.05, 0) is 53.5 Å². The Morgan fingerprint density at radius 3 is 2.49 bits per heavy atom. The number of carbonyl (C=O) groups is 5. The number of aliphatic carboxylic acids is 1. The summed E-state index contributed by atoms with van der Waals surface area (Å²) in [7, 11) is 0. The van der Waals surface area contributed by atoms with Gasteiger partial charge in [0.25, 0.3) is 5.91 Å². The smallest absolute Gasteiger partial charge is 0.305 e. The number of carboxylic acid groups (broad SMARTS) is 1. The van der Waals surface area contributed by atoms with Crippen molar-refractivity contribution in [1.29, 1.82) is 0 Å². The van der Waals surface area contributed by atoms with Crippen molar-refractivity contribution in [3.8, 4) is 11.1 Å². The molecule has 3 atom stereocenters.